The monoisotopic (exact) mass is 290 g/mol. The van der Waals surface area contributed by atoms with Crippen molar-refractivity contribution in [3.05, 3.63) is 23.8 Å². The van der Waals surface area contributed by atoms with Crippen LogP contribution in [0.2, 0.25) is 0 Å². The molecule has 0 fully saturated rings. The van der Waals surface area contributed by atoms with E-state index < -0.39 is 11.7 Å². The number of nitrogens with one attached hydrogen (secondary N) is 1. The highest BCUT2D eigenvalue weighted by molar-refractivity contribution is 5.58. The third-order valence-electron chi connectivity index (χ3n) is 3.11. The Hall–Kier alpha value is -1.43. The molecule has 0 bridgehead atoms. The molecule has 114 valence electrons. The summed E-state index contributed by atoms with van der Waals surface area (Å²) in [5.41, 5.74) is 4.63. The molecule has 3 nitrogen and oxygen atoms in total. The maximum atomic E-state index is 12.7. The summed E-state index contributed by atoms with van der Waals surface area (Å²) in [6.07, 6.45) is -3.62. The van der Waals surface area contributed by atoms with E-state index in [0.717, 1.165) is 12.5 Å². The van der Waals surface area contributed by atoms with Crippen LogP contribution in [0.1, 0.15) is 25.8 Å². The molecular formula is C14H21F3N2O. The number of nitrogens with two attached hydrogens (primary N) is 1. The van der Waals surface area contributed by atoms with Gasteiger partial charge >= 0.3 is 6.18 Å². The minimum absolute atomic E-state index is 0.0736. The van der Waals surface area contributed by atoms with Crippen molar-refractivity contribution >= 4 is 11.4 Å². The van der Waals surface area contributed by atoms with Gasteiger partial charge in [-0.05, 0) is 30.0 Å². The number of anilines is 2. The van der Waals surface area contributed by atoms with Gasteiger partial charge in [0.15, 0.2) is 0 Å². The lowest BCUT2D eigenvalue weighted by Crippen LogP contribution is -2.24. The van der Waals surface area contributed by atoms with Crippen molar-refractivity contribution in [2.75, 3.05) is 31.3 Å². The third-order valence-corrected chi connectivity index (χ3v) is 3.11. The molecule has 3 N–H and O–H groups in total. The molecular weight excluding hydrogens is 269 g/mol. The van der Waals surface area contributed by atoms with Crippen LogP contribution >= 0.6 is 0 Å². The Morgan fingerprint density at radius 3 is 2.45 bits per heavy atom. The molecule has 0 heterocycles. The van der Waals surface area contributed by atoms with Gasteiger partial charge < -0.3 is 15.8 Å². The Labute approximate surface area is 117 Å². The SMILES string of the molecule is COCCC(C)(C)CNc1ccc(N)c(C(F)(F)F)c1. The van der Waals surface area contributed by atoms with Crippen LogP contribution in [0.3, 0.4) is 0 Å². The second-order valence-corrected chi connectivity index (χ2v) is 5.56. The smallest absolute Gasteiger partial charge is 0.398 e. The van der Waals surface area contributed by atoms with Gasteiger partial charge in [-0.15, -0.1) is 0 Å². The van der Waals surface area contributed by atoms with Gasteiger partial charge in [0.05, 0.1) is 5.56 Å². The molecule has 0 amide bonds. The molecule has 1 rings (SSSR count). The van der Waals surface area contributed by atoms with Crippen molar-refractivity contribution < 1.29 is 17.9 Å². The lowest BCUT2D eigenvalue weighted by Gasteiger charge is -2.25. The average Bonchev–Trinajstić information content (AvgIpc) is 2.34. The largest absolute Gasteiger partial charge is 0.418 e. The minimum Gasteiger partial charge on any atom is -0.398 e. The fraction of sp³-hybridized carbons (Fsp3) is 0.571. The Kier molecular flexibility index (Phi) is 5.28. The van der Waals surface area contributed by atoms with Crippen molar-refractivity contribution in [1.82, 2.24) is 0 Å². The maximum absolute atomic E-state index is 12.7. The summed E-state index contributed by atoms with van der Waals surface area (Å²) in [6.45, 7) is 5.23. The quantitative estimate of drug-likeness (QED) is 0.784. The van der Waals surface area contributed by atoms with E-state index in [1.165, 1.54) is 6.07 Å². The van der Waals surface area contributed by atoms with Gasteiger partial charge in [0.25, 0.3) is 0 Å². The summed E-state index contributed by atoms with van der Waals surface area (Å²) in [7, 11) is 1.62. The summed E-state index contributed by atoms with van der Waals surface area (Å²) < 4.78 is 43.3. The van der Waals surface area contributed by atoms with Crippen molar-refractivity contribution in [3.63, 3.8) is 0 Å². The summed E-state index contributed by atoms with van der Waals surface area (Å²) in [5.74, 6) is 0. The van der Waals surface area contributed by atoms with Gasteiger partial charge in [0, 0.05) is 31.6 Å². The van der Waals surface area contributed by atoms with Crippen LogP contribution in [0.25, 0.3) is 0 Å². The molecule has 0 saturated heterocycles. The average molecular weight is 290 g/mol. The molecule has 0 saturated carbocycles. The van der Waals surface area contributed by atoms with E-state index in [9.17, 15) is 13.2 Å². The van der Waals surface area contributed by atoms with Crippen molar-refractivity contribution in [2.45, 2.75) is 26.4 Å². The summed E-state index contributed by atoms with van der Waals surface area (Å²) in [5, 5.41) is 3.02. The van der Waals surface area contributed by atoms with E-state index >= 15 is 0 Å². The van der Waals surface area contributed by atoms with Crippen LogP contribution in [0.15, 0.2) is 18.2 Å². The van der Waals surface area contributed by atoms with Crippen molar-refractivity contribution in [2.24, 2.45) is 5.41 Å². The topological polar surface area (TPSA) is 47.3 Å². The highest BCUT2D eigenvalue weighted by Crippen LogP contribution is 2.35. The Morgan fingerprint density at radius 2 is 1.90 bits per heavy atom. The number of alkyl halides is 3. The summed E-state index contributed by atoms with van der Waals surface area (Å²) in [4.78, 5) is 0. The number of hydrogen-bond donors (Lipinski definition) is 2. The standard InChI is InChI=1S/C14H21F3N2O/c1-13(2,6-7-20-3)9-19-10-4-5-12(18)11(8-10)14(15,16)17/h4-5,8,19H,6-7,9,18H2,1-3H3. The zero-order valence-corrected chi connectivity index (χ0v) is 12.0. The first kappa shape index (κ1) is 16.6. The highest BCUT2D eigenvalue weighted by atomic mass is 19.4. The zero-order valence-electron chi connectivity index (χ0n) is 12.0. The molecule has 20 heavy (non-hydrogen) atoms. The number of benzene rings is 1. The molecule has 0 atom stereocenters. The summed E-state index contributed by atoms with van der Waals surface area (Å²) in [6, 6.07) is 3.87. The lowest BCUT2D eigenvalue weighted by molar-refractivity contribution is -0.136. The molecule has 1 aromatic carbocycles. The molecule has 0 unspecified atom stereocenters. The predicted octanol–water partition coefficient (Wildman–Crippen LogP) is 3.76. The van der Waals surface area contributed by atoms with Gasteiger partial charge in [-0.25, -0.2) is 0 Å². The fourth-order valence-corrected chi connectivity index (χ4v) is 1.72. The number of methoxy groups -OCH3 is 1. The van der Waals surface area contributed by atoms with Gasteiger partial charge in [0.1, 0.15) is 0 Å². The molecule has 0 aromatic heterocycles. The van der Waals surface area contributed by atoms with Gasteiger partial charge in [-0.1, -0.05) is 13.8 Å². The van der Waals surface area contributed by atoms with E-state index in [1.54, 1.807) is 13.2 Å². The molecule has 6 heteroatoms. The van der Waals surface area contributed by atoms with E-state index in [2.05, 4.69) is 5.32 Å². The maximum Gasteiger partial charge on any atom is 0.418 e. The van der Waals surface area contributed by atoms with Gasteiger partial charge in [0.2, 0.25) is 0 Å². The van der Waals surface area contributed by atoms with Crippen LogP contribution in [0.5, 0.6) is 0 Å². The molecule has 0 aliphatic carbocycles. The normalized spacial score (nSPS) is 12.5. The van der Waals surface area contributed by atoms with E-state index in [1.807, 2.05) is 13.8 Å². The first-order valence-electron chi connectivity index (χ1n) is 6.35. The van der Waals surface area contributed by atoms with Crippen LogP contribution in [-0.2, 0) is 10.9 Å². The number of nitrogen functional groups attached to an aromatic ring is 1. The number of ether oxygens (including phenoxy) is 1. The molecule has 0 spiro atoms. The first-order chi connectivity index (χ1) is 9.15. The van der Waals surface area contributed by atoms with E-state index in [4.69, 9.17) is 10.5 Å². The molecule has 0 aliphatic heterocycles. The second kappa shape index (κ2) is 6.35. The third kappa shape index (κ3) is 4.92. The fourth-order valence-electron chi connectivity index (χ4n) is 1.72. The van der Waals surface area contributed by atoms with Crippen molar-refractivity contribution in [3.8, 4) is 0 Å². The van der Waals surface area contributed by atoms with Gasteiger partial charge in [-0.3, -0.25) is 0 Å². The van der Waals surface area contributed by atoms with Crippen molar-refractivity contribution in [1.29, 1.82) is 0 Å². The second-order valence-electron chi connectivity index (χ2n) is 5.56. The lowest BCUT2D eigenvalue weighted by atomic mass is 9.89. The number of halogens is 3. The van der Waals surface area contributed by atoms with Crippen LogP contribution in [0.4, 0.5) is 24.5 Å². The van der Waals surface area contributed by atoms with Gasteiger partial charge in [-0.2, -0.15) is 13.2 Å². The van der Waals surface area contributed by atoms with E-state index in [0.29, 0.717) is 18.8 Å². The Balaban J connectivity index is 2.74. The Bertz CT molecular complexity index is 445. The van der Waals surface area contributed by atoms with Crippen LogP contribution in [-0.4, -0.2) is 20.3 Å². The van der Waals surface area contributed by atoms with E-state index in [-0.39, 0.29) is 11.1 Å². The molecule has 0 radical (unpaired) electrons. The molecule has 0 aliphatic rings. The Morgan fingerprint density at radius 1 is 1.25 bits per heavy atom. The number of hydrogen-bond acceptors (Lipinski definition) is 3. The van der Waals surface area contributed by atoms with Crippen LogP contribution in [0, 0.1) is 5.41 Å². The summed E-state index contributed by atoms with van der Waals surface area (Å²) >= 11 is 0. The predicted molar refractivity (Wildman–Crippen MR) is 74.6 cm³/mol. The zero-order chi connectivity index (χ0) is 15.4. The molecule has 1 aromatic rings. The minimum atomic E-state index is -4.44. The van der Waals surface area contributed by atoms with Crippen LogP contribution < -0.4 is 11.1 Å². The number of rotatable bonds is 6. The highest BCUT2D eigenvalue weighted by Gasteiger charge is 2.33. The first-order valence-corrected chi connectivity index (χ1v) is 6.35.